The number of imidazole rings is 1. The molecular weight excluding hydrogens is 454 g/mol. The van der Waals surface area contributed by atoms with Crippen LogP contribution in [-0.4, -0.2) is 40.5 Å². The van der Waals surface area contributed by atoms with Gasteiger partial charge in [0.25, 0.3) is 0 Å². The molecule has 9 heteroatoms. The normalized spacial score (nSPS) is 11.1. The molecule has 9 nitrogen and oxygen atoms in total. The number of aromatic amines is 1. The summed E-state index contributed by atoms with van der Waals surface area (Å²) in [6, 6.07) is 18.9. The first-order valence-electron chi connectivity index (χ1n) is 11.8. The minimum atomic E-state index is -0.166. The quantitative estimate of drug-likeness (QED) is 0.336. The van der Waals surface area contributed by atoms with Gasteiger partial charge in [-0.3, -0.25) is 18.9 Å². The minimum absolute atomic E-state index is 0.0763. The molecule has 0 radical (unpaired) electrons. The maximum Gasteiger partial charge on any atom is 0.333 e. The molecule has 0 atom stereocenters. The van der Waals surface area contributed by atoms with Crippen molar-refractivity contribution < 1.29 is 4.79 Å². The molecule has 0 unspecified atom stereocenters. The maximum absolute atomic E-state index is 13.5. The standard InChI is InChI=1S/C27H25N7O2/c1-3-7-21-17-34(24-10-5-4-8-22(24)18(2)35)27(36)33(21)16-19-11-13-20(14-12-19)25-23(9-6-15-28-25)26-29-31-32-30-26/h4-6,8-15,17H,3,7,16H2,1-2H3,(H,29,30,31,32). The number of H-pyrrole nitrogens is 1. The molecule has 1 N–H and O–H groups in total. The molecule has 0 aliphatic heterocycles. The zero-order valence-corrected chi connectivity index (χ0v) is 20.0. The number of tetrazole rings is 1. The van der Waals surface area contributed by atoms with E-state index in [-0.39, 0.29) is 11.5 Å². The third kappa shape index (κ3) is 4.38. The van der Waals surface area contributed by atoms with Crippen molar-refractivity contribution in [3.8, 4) is 28.3 Å². The van der Waals surface area contributed by atoms with Crippen LogP contribution in [0.4, 0.5) is 0 Å². The highest BCUT2D eigenvalue weighted by atomic mass is 16.2. The van der Waals surface area contributed by atoms with Crippen LogP contribution in [0.2, 0.25) is 0 Å². The molecule has 5 rings (SSSR count). The van der Waals surface area contributed by atoms with Gasteiger partial charge in [0, 0.05) is 34.8 Å². The van der Waals surface area contributed by atoms with Crippen molar-refractivity contribution in [2.75, 3.05) is 0 Å². The third-order valence-corrected chi connectivity index (χ3v) is 6.07. The third-order valence-electron chi connectivity index (χ3n) is 6.07. The van der Waals surface area contributed by atoms with Crippen molar-refractivity contribution in [3.63, 3.8) is 0 Å². The molecule has 180 valence electrons. The van der Waals surface area contributed by atoms with E-state index in [1.54, 1.807) is 27.5 Å². The highest BCUT2D eigenvalue weighted by molar-refractivity contribution is 5.97. The number of nitrogens with one attached hydrogen (secondary N) is 1. The van der Waals surface area contributed by atoms with Crippen LogP contribution in [0.3, 0.4) is 0 Å². The number of benzene rings is 2. The van der Waals surface area contributed by atoms with Crippen molar-refractivity contribution in [1.29, 1.82) is 0 Å². The SMILES string of the molecule is CCCc1cn(-c2ccccc2C(C)=O)c(=O)n1Cc1ccc(-c2ncccc2-c2nn[nH]n2)cc1. The number of pyridine rings is 1. The van der Waals surface area contributed by atoms with Crippen LogP contribution < -0.4 is 5.69 Å². The van der Waals surface area contributed by atoms with Crippen molar-refractivity contribution in [2.24, 2.45) is 0 Å². The number of aryl methyl sites for hydroxylation is 1. The molecule has 0 spiro atoms. The van der Waals surface area contributed by atoms with E-state index in [1.165, 1.54) is 6.92 Å². The van der Waals surface area contributed by atoms with Crippen LogP contribution in [0.5, 0.6) is 0 Å². The average molecular weight is 480 g/mol. The second-order valence-corrected chi connectivity index (χ2v) is 8.51. The van der Waals surface area contributed by atoms with E-state index in [2.05, 4.69) is 32.5 Å². The number of aromatic nitrogens is 7. The summed E-state index contributed by atoms with van der Waals surface area (Å²) < 4.78 is 3.36. The Hall–Kier alpha value is -4.66. The summed E-state index contributed by atoms with van der Waals surface area (Å²) in [6.07, 6.45) is 5.23. The molecule has 0 aliphatic carbocycles. The molecular formula is C27H25N7O2. The lowest BCUT2D eigenvalue weighted by Crippen LogP contribution is -2.25. The fourth-order valence-corrected chi connectivity index (χ4v) is 4.35. The summed E-state index contributed by atoms with van der Waals surface area (Å²) in [4.78, 5) is 30.2. The van der Waals surface area contributed by atoms with E-state index in [0.717, 1.165) is 40.9 Å². The molecule has 36 heavy (non-hydrogen) atoms. The Morgan fingerprint density at radius 3 is 2.56 bits per heavy atom. The molecule has 0 bridgehead atoms. The molecule has 3 heterocycles. The predicted molar refractivity (Wildman–Crippen MR) is 136 cm³/mol. The largest absolute Gasteiger partial charge is 0.333 e. The summed E-state index contributed by atoms with van der Waals surface area (Å²) in [5.74, 6) is 0.401. The van der Waals surface area contributed by atoms with E-state index in [1.807, 2.05) is 54.7 Å². The van der Waals surface area contributed by atoms with Gasteiger partial charge in [-0.25, -0.2) is 4.79 Å². The van der Waals surface area contributed by atoms with Gasteiger partial charge in [-0.2, -0.15) is 5.21 Å². The Balaban J connectivity index is 1.49. The van der Waals surface area contributed by atoms with Gasteiger partial charge in [-0.1, -0.05) is 49.7 Å². The number of para-hydroxylation sites is 1. The Bertz CT molecular complexity index is 1560. The second kappa shape index (κ2) is 9.91. The number of Topliss-reactive ketones (excluding diaryl/α,β-unsaturated/α-hetero) is 1. The van der Waals surface area contributed by atoms with Crippen LogP contribution >= 0.6 is 0 Å². The second-order valence-electron chi connectivity index (χ2n) is 8.51. The predicted octanol–water partition coefficient (Wildman–Crippen LogP) is 4.08. The fraction of sp³-hybridized carbons (Fsp3) is 0.185. The number of carbonyl (C=O) groups excluding carboxylic acids is 1. The fourth-order valence-electron chi connectivity index (χ4n) is 4.35. The number of carbonyl (C=O) groups is 1. The van der Waals surface area contributed by atoms with Gasteiger partial charge >= 0.3 is 5.69 Å². The van der Waals surface area contributed by atoms with Crippen molar-refractivity contribution in [3.05, 3.63) is 100 Å². The smallest absolute Gasteiger partial charge is 0.294 e. The number of hydrogen-bond donors (Lipinski definition) is 1. The van der Waals surface area contributed by atoms with Crippen molar-refractivity contribution in [1.82, 2.24) is 34.7 Å². The number of rotatable bonds is 8. The van der Waals surface area contributed by atoms with Gasteiger partial charge in [0.15, 0.2) is 5.78 Å². The van der Waals surface area contributed by atoms with Crippen molar-refractivity contribution in [2.45, 2.75) is 33.2 Å². The van der Waals surface area contributed by atoms with Gasteiger partial charge < -0.3 is 0 Å². The first-order chi connectivity index (χ1) is 17.6. The lowest BCUT2D eigenvalue weighted by Gasteiger charge is -2.09. The van der Waals surface area contributed by atoms with Gasteiger partial charge in [0.1, 0.15) is 0 Å². The van der Waals surface area contributed by atoms with Crippen LogP contribution in [0, 0.1) is 0 Å². The Kier molecular flexibility index (Phi) is 6.36. The Morgan fingerprint density at radius 1 is 1.03 bits per heavy atom. The Morgan fingerprint density at radius 2 is 1.83 bits per heavy atom. The maximum atomic E-state index is 13.5. The first kappa shape index (κ1) is 23.1. The van der Waals surface area contributed by atoms with Crippen molar-refractivity contribution >= 4 is 5.78 Å². The minimum Gasteiger partial charge on any atom is -0.294 e. The molecule has 5 aromatic rings. The zero-order valence-electron chi connectivity index (χ0n) is 20.0. The van der Waals surface area contributed by atoms with E-state index < -0.39 is 0 Å². The number of ketones is 1. The zero-order chi connectivity index (χ0) is 25.1. The number of nitrogens with zero attached hydrogens (tertiary/aromatic N) is 6. The molecule has 0 amide bonds. The van der Waals surface area contributed by atoms with Crippen LogP contribution in [0.25, 0.3) is 28.3 Å². The summed E-state index contributed by atoms with van der Waals surface area (Å²) in [5, 5.41) is 14.3. The summed E-state index contributed by atoms with van der Waals surface area (Å²) in [6.45, 7) is 4.02. The summed E-state index contributed by atoms with van der Waals surface area (Å²) >= 11 is 0. The summed E-state index contributed by atoms with van der Waals surface area (Å²) in [7, 11) is 0. The molecule has 0 saturated heterocycles. The highest BCUT2D eigenvalue weighted by Crippen LogP contribution is 2.27. The average Bonchev–Trinajstić information content (AvgIpc) is 3.54. The molecule has 3 aromatic heterocycles. The molecule has 0 aliphatic rings. The van der Waals surface area contributed by atoms with Gasteiger partial charge in [-0.15, -0.1) is 10.2 Å². The van der Waals surface area contributed by atoms with Crippen LogP contribution in [-0.2, 0) is 13.0 Å². The Labute approximate surface area is 207 Å². The summed E-state index contributed by atoms with van der Waals surface area (Å²) in [5.41, 5.74) is 5.31. The monoisotopic (exact) mass is 479 g/mol. The van der Waals surface area contributed by atoms with Crippen LogP contribution in [0.1, 0.15) is 41.9 Å². The molecule has 0 fully saturated rings. The highest BCUT2D eigenvalue weighted by Gasteiger charge is 2.17. The first-order valence-corrected chi connectivity index (χ1v) is 11.8. The molecule has 2 aromatic carbocycles. The number of hydrogen-bond acceptors (Lipinski definition) is 6. The topological polar surface area (TPSA) is 111 Å². The van der Waals surface area contributed by atoms with Crippen LogP contribution in [0.15, 0.2) is 77.9 Å². The van der Waals surface area contributed by atoms with E-state index >= 15 is 0 Å². The van der Waals surface area contributed by atoms with Gasteiger partial charge in [0.2, 0.25) is 5.82 Å². The van der Waals surface area contributed by atoms with Gasteiger partial charge in [-0.05, 0) is 48.4 Å². The lowest BCUT2D eigenvalue weighted by atomic mass is 10.0. The van der Waals surface area contributed by atoms with E-state index in [0.29, 0.717) is 23.6 Å². The molecule has 0 saturated carbocycles. The van der Waals surface area contributed by atoms with Gasteiger partial charge in [0.05, 0.1) is 17.9 Å². The van der Waals surface area contributed by atoms with E-state index in [9.17, 15) is 9.59 Å². The van der Waals surface area contributed by atoms with E-state index in [4.69, 9.17) is 0 Å². The lowest BCUT2D eigenvalue weighted by molar-refractivity contribution is 0.101.